The molecule has 0 aliphatic heterocycles. The van der Waals surface area contributed by atoms with Crippen molar-refractivity contribution in [2.45, 2.75) is 19.4 Å². The van der Waals surface area contributed by atoms with Crippen molar-refractivity contribution >= 4 is 39.6 Å². The average Bonchev–Trinajstić information content (AvgIpc) is 2.76. The minimum absolute atomic E-state index is 0.229. The van der Waals surface area contributed by atoms with E-state index in [4.69, 9.17) is 5.73 Å². The van der Waals surface area contributed by atoms with Crippen molar-refractivity contribution < 1.29 is 4.39 Å². The summed E-state index contributed by atoms with van der Waals surface area (Å²) in [6.45, 7) is 0.733. The molecule has 0 atom stereocenters. The van der Waals surface area contributed by atoms with Gasteiger partial charge in [-0.05, 0) is 47.1 Å². The molecule has 3 rings (SSSR count). The van der Waals surface area contributed by atoms with Gasteiger partial charge in [-0.2, -0.15) is 0 Å². The van der Waals surface area contributed by atoms with Crippen LogP contribution >= 0.6 is 22.6 Å². The van der Waals surface area contributed by atoms with Crippen LogP contribution in [0.1, 0.15) is 12.0 Å². The van der Waals surface area contributed by atoms with Gasteiger partial charge in [0.15, 0.2) is 0 Å². The molecule has 2 aromatic carbocycles. The van der Waals surface area contributed by atoms with Gasteiger partial charge in [0.2, 0.25) is 5.95 Å². The average molecular weight is 395 g/mol. The maximum absolute atomic E-state index is 13.7. The normalized spacial score (nSPS) is 11.1. The SMILES string of the molecule is Nc1nc2cc(I)c(F)cc2n1CCCc1ccccc1. The second-order valence-corrected chi connectivity index (χ2v) is 6.13. The number of imidazole rings is 1. The Morgan fingerprint density at radius 2 is 1.95 bits per heavy atom. The highest BCUT2D eigenvalue weighted by Gasteiger charge is 2.11. The van der Waals surface area contributed by atoms with Crippen LogP contribution in [-0.4, -0.2) is 9.55 Å². The fourth-order valence-corrected chi connectivity index (χ4v) is 2.91. The summed E-state index contributed by atoms with van der Waals surface area (Å²) in [6.07, 6.45) is 1.90. The molecule has 0 unspecified atom stereocenters. The van der Waals surface area contributed by atoms with Crippen LogP contribution in [0.15, 0.2) is 42.5 Å². The first kappa shape index (κ1) is 14.3. The van der Waals surface area contributed by atoms with Crippen LogP contribution in [0.5, 0.6) is 0 Å². The molecule has 0 aliphatic carbocycles. The van der Waals surface area contributed by atoms with Crippen LogP contribution in [0.2, 0.25) is 0 Å². The predicted octanol–water partition coefficient (Wildman–Crippen LogP) is 4.00. The van der Waals surface area contributed by atoms with Crippen molar-refractivity contribution in [2.24, 2.45) is 0 Å². The zero-order valence-corrected chi connectivity index (χ0v) is 13.5. The van der Waals surface area contributed by atoms with E-state index in [0.717, 1.165) is 30.4 Å². The van der Waals surface area contributed by atoms with Gasteiger partial charge in [-0.3, -0.25) is 0 Å². The third kappa shape index (κ3) is 3.02. The third-order valence-corrected chi connectivity index (χ3v) is 4.34. The number of aryl methyl sites for hydroxylation is 2. The van der Waals surface area contributed by atoms with Gasteiger partial charge in [0.25, 0.3) is 0 Å². The smallest absolute Gasteiger partial charge is 0.201 e. The molecule has 0 bridgehead atoms. The summed E-state index contributed by atoms with van der Waals surface area (Å²) in [5.74, 6) is 0.215. The molecule has 0 aliphatic rings. The van der Waals surface area contributed by atoms with Crippen molar-refractivity contribution in [3.05, 3.63) is 57.4 Å². The van der Waals surface area contributed by atoms with E-state index >= 15 is 0 Å². The molecule has 5 heteroatoms. The van der Waals surface area contributed by atoms with E-state index in [2.05, 4.69) is 17.1 Å². The van der Waals surface area contributed by atoms with Gasteiger partial charge in [-0.25, -0.2) is 9.37 Å². The van der Waals surface area contributed by atoms with Crippen LogP contribution in [0.3, 0.4) is 0 Å². The maximum atomic E-state index is 13.7. The topological polar surface area (TPSA) is 43.8 Å². The first-order valence-corrected chi connectivity index (χ1v) is 7.87. The number of benzene rings is 2. The summed E-state index contributed by atoms with van der Waals surface area (Å²) < 4.78 is 16.2. The lowest BCUT2D eigenvalue weighted by molar-refractivity contribution is 0.618. The molecule has 0 radical (unpaired) electrons. The first-order valence-electron chi connectivity index (χ1n) is 6.80. The Hall–Kier alpha value is -1.63. The summed E-state index contributed by atoms with van der Waals surface area (Å²) in [5, 5.41) is 0. The van der Waals surface area contributed by atoms with Gasteiger partial charge in [0, 0.05) is 12.6 Å². The van der Waals surface area contributed by atoms with E-state index in [1.165, 1.54) is 11.6 Å². The van der Waals surface area contributed by atoms with E-state index in [1.807, 2.05) is 45.4 Å². The molecule has 21 heavy (non-hydrogen) atoms. The first-order chi connectivity index (χ1) is 10.1. The monoisotopic (exact) mass is 395 g/mol. The number of aromatic nitrogens is 2. The number of nitrogens with zero attached hydrogens (tertiary/aromatic N) is 2. The second kappa shape index (κ2) is 6.01. The van der Waals surface area contributed by atoms with Crippen molar-refractivity contribution in [2.75, 3.05) is 5.73 Å². The Kier molecular flexibility index (Phi) is 4.10. The lowest BCUT2D eigenvalue weighted by Crippen LogP contribution is -2.04. The van der Waals surface area contributed by atoms with Crippen LogP contribution < -0.4 is 5.73 Å². The zero-order chi connectivity index (χ0) is 14.8. The molecular formula is C16H15FIN3. The van der Waals surface area contributed by atoms with Crippen LogP contribution in [0, 0.1) is 9.39 Å². The molecule has 0 saturated carbocycles. The number of nitrogens with two attached hydrogens (primary N) is 1. The molecule has 1 heterocycles. The number of anilines is 1. The molecule has 2 N–H and O–H groups in total. The van der Waals surface area contributed by atoms with Crippen molar-refractivity contribution in [1.29, 1.82) is 0 Å². The number of hydrogen-bond donors (Lipinski definition) is 1. The highest BCUT2D eigenvalue weighted by atomic mass is 127. The van der Waals surface area contributed by atoms with Crippen LogP contribution in [0.25, 0.3) is 11.0 Å². The van der Waals surface area contributed by atoms with Crippen LogP contribution in [0.4, 0.5) is 10.3 Å². The highest BCUT2D eigenvalue weighted by molar-refractivity contribution is 14.1. The Morgan fingerprint density at radius 1 is 1.19 bits per heavy atom. The van der Waals surface area contributed by atoms with Crippen LogP contribution in [-0.2, 0) is 13.0 Å². The third-order valence-electron chi connectivity index (χ3n) is 3.51. The minimum Gasteiger partial charge on any atom is -0.369 e. The molecule has 1 aromatic heterocycles. The van der Waals surface area contributed by atoms with Gasteiger partial charge in [0.05, 0.1) is 14.6 Å². The summed E-state index contributed by atoms with van der Waals surface area (Å²) >= 11 is 1.96. The Morgan fingerprint density at radius 3 is 2.71 bits per heavy atom. The van der Waals surface area contributed by atoms with Gasteiger partial charge in [-0.15, -0.1) is 0 Å². The van der Waals surface area contributed by atoms with E-state index in [-0.39, 0.29) is 5.82 Å². The quantitative estimate of drug-likeness (QED) is 0.679. The Labute approximate surface area is 136 Å². The highest BCUT2D eigenvalue weighted by Crippen LogP contribution is 2.23. The lowest BCUT2D eigenvalue weighted by Gasteiger charge is -2.07. The summed E-state index contributed by atoms with van der Waals surface area (Å²) in [4.78, 5) is 4.31. The standard InChI is InChI=1S/C16H15FIN3/c17-12-9-15-14(10-13(12)18)20-16(19)21(15)8-4-7-11-5-2-1-3-6-11/h1-3,5-6,9-10H,4,7-8H2,(H2,19,20). The second-order valence-electron chi connectivity index (χ2n) is 4.97. The molecule has 3 aromatic rings. The van der Waals surface area contributed by atoms with E-state index in [0.29, 0.717) is 9.52 Å². The van der Waals surface area contributed by atoms with Gasteiger partial charge < -0.3 is 10.3 Å². The Balaban J connectivity index is 1.80. The number of rotatable bonds is 4. The predicted molar refractivity (Wildman–Crippen MR) is 91.6 cm³/mol. The summed E-state index contributed by atoms with van der Waals surface area (Å²) in [7, 11) is 0. The van der Waals surface area contributed by atoms with Gasteiger partial charge in [-0.1, -0.05) is 30.3 Å². The van der Waals surface area contributed by atoms with Crippen molar-refractivity contribution in [3.8, 4) is 0 Å². The number of nitrogen functional groups attached to an aromatic ring is 1. The van der Waals surface area contributed by atoms with E-state index in [1.54, 1.807) is 6.07 Å². The summed E-state index contributed by atoms with van der Waals surface area (Å²) in [6, 6.07) is 13.5. The van der Waals surface area contributed by atoms with Crippen molar-refractivity contribution in [1.82, 2.24) is 9.55 Å². The molecular weight excluding hydrogens is 380 g/mol. The van der Waals surface area contributed by atoms with E-state index in [9.17, 15) is 4.39 Å². The number of fused-ring (bicyclic) bond motifs is 1. The fraction of sp³-hybridized carbons (Fsp3) is 0.188. The molecule has 0 amide bonds. The van der Waals surface area contributed by atoms with Gasteiger partial charge in [0.1, 0.15) is 5.82 Å². The molecule has 0 fully saturated rings. The molecule has 108 valence electrons. The number of hydrogen-bond acceptors (Lipinski definition) is 2. The Bertz CT molecular complexity index is 768. The molecule has 0 spiro atoms. The maximum Gasteiger partial charge on any atom is 0.201 e. The molecule has 3 nitrogen and oxygen atoms in total. The van der Waals surface area contributed by atoms with Crippen molar-refractivity contribution in [3.63, 3.8) is 0 Å². The lowest BCUT2D eigenvalue weighted by atomic mass is 10.1. The summed E-state index contributed by atoms with van der Waals surface area (Å²) in [5.41, 5.74) is 8.76. The molecule has 0 saturated heterocycles. The fourth-order valence-electron chi connectivity index (χ4n) is 2.46. The van der Waals surface area contributed by atoms with Gasteiger partial charge >= 0.3 is 0 Å². The minimum atomic E-state index is -0.229. The number of halogens is 2. The zero-order valence-electron chi connectivity index (χ0n) is 11.4. The largest absolute Gasteiger partial charge is 0.369 e. The van der Waals surface area contributed by atoms with E-state index < -0.39 is 0 Å².